The van der Waals surface area contributed by atoms with Crippen molar-refractivity contribution in [2.75, 3.05) is 25.9 Å². The Balaban J connectivity index is 1.48. The van der Waals surface area contributed by atoms with Gasteiger partial charge in [-0.25, -0.2) is 18.1 Å². The third-order valence-corrected chi connectivity index (χ3v) is 6.96. The fraction of sp³-hybridized carbons (Fsp3) is 0.500. The molecule has 2 aromatic rings. The van der Waals surface area contributed by atoms with Crippen LogP contribution in [-0.4, -0.2) is 48.8 Å². The highest BCUT2D eigenvalue weighted by Gasteiger charge is 2.23. The van der Waals surface area contributed by atoms with Crippen LogP contribution in [0.5, 0.6) is 0 Å². The van der Waals surface area contributed by atoms with E-state index in [1.807, 2.05) is 0 Å². The van der Waals surface area contributed by atoms with Crippen LogP contribution in [-0.2, 0) is 23.6 Å². The van der Waals surface area contributed by atoms with E-state index in [2.05, 4.69) is 45.1 Å². The lowest BCUT2D eigenvalue weighted by atomic mass is 9.97. The van der Waals surface area contributed by atoms with E-state index in [9.17, 15) is 8.42 Å². The molecule has 0 atom stereocenters. The van der Waals surface area contributed by atoms with E-state index in [1.165, 1.54) is 23.0 Å². The van der Waals surface area contributed by atoms with E-state index in [0.717, 1.165) is 32.5 Å². The molecular formula is C18H26N4O2S2. The number of piperidine rings is 1. The average Bonchev–Trinajstić information content (AvgIpc) is 3.09. The minimum absolute atomic E-state index is 0.0890. The first-order valence-electron chi connectivity index (χ1n) is 8.80. The number of benzene rings is 1. The standard InChI is InChI=1S/C18H26N4O2S2/c1-21-13-18(19-14-21)26(23,24)20-11-15-7-9-22(10-8-15)12-16-5-3-4-6-17(16)25-2/h3-6,13-15,20H,7-12H2,1-2H3. The molecule has 8 heteroatoms. The predicted octanol–water partition coefficient (Wildman–Crippen LogP) is 2.33. The number of hydrogen-bond donors (Lipinski definition) is 1. The quantitative estimate of drug-likeness (QED) is 0.730. The maximum atomic E-state index is 12.3. The molecule has 1 fully saturated rings. The zero-order valence-corrected chi connectivity index (χ0v) is 16.9. The van der Waals surface area contributed by atoms with E-state index in [1.54, 1.807) is 23.4 Å². The predicted molar refractivity (Wildman–Crippen MR) is 105 cm³/mol. The number of imidazole rings is 1. The van der Waals surface area contributed by atoms with Crippen molar-refractivity contribution in [2.45, 2.75) is 29.3 Å². The van der Waals surface area contributed by atoms with Crippen molar-refractivity contribution >= 4 is 21.8 Å². The lowest BCUT2D eigenvalue weighted by molar-refractivity contribution is 0.177. The summed E-state index contributed by atoms with van der Waals surface area (Å²) < 4.78 is 28.9. The van der Waals surface area contributed by atoms with Gasteiger partial charge in [0.25, 0.3) is 10.0 Å². The van der Waals surface area contributed by atoms with E-state index in [4.69, 9.17) is 0 Å². The molecule has 2 heterocycles. The summed E-state index contributed by atoms with van der Waals surface area (Å²) in [6, 6.07) is 8.53. The number of rotatable bonds is 7. The molecule has 1 N–H and O–H groups in total. The van der Waals surface area contributed by atoms with Crippen molar-refractivity contribution in [3.63, 3.8) is 0 Å². The summed E-state index contributed by atoms with van der Waals surface area (Å²) in [7, 11) is -1.75. The number of nitrogens with zero attached hydrogens (tertiary/aromatic N) is 3. The lowest BCUT2D eigenvalue weighted by Gasteiger charge is -2.32. The molecule has 0 radical (unpaired) electrons. The molecule has 1 aliphatic heterocycles. The molecule has 1 aromatic heterocycles. The van der Waals surface area contributed by atoms with Crippen molar-refractivity contribution in [3.05, 3.63) is 42.4 Å². The lowest BCUT2D eigenvalue weighted by Crippen LogP contribution is -2.38. The van der Waals surface area contributed by atoms with E-state index < -0.39 is 10.0 Å². The molecule has 6 nitrogen and oxygen atoms in total. The zero-order chi connectivity index (χ0) is 18.6. The highest BCUT2D eigenvalue weighted by atomic mass is 32.2. The first-order valence-corrected chi connectivity index (χ1v) is 11.5. The van der Waals surface area contributed by atoms with Gasteiger partial charge in [0.05, 0.1) is 6.33 Å². The van der Waals surface area contributed by atoms with Crippen LogP contribution in [0.2, 0.25) is 0 Å². The Morgan fingerprint density at radius 3 is 2.65 bits per heavy atom. The van der Waals surface area contributed by atoms with Gasteiger partial charge in [0.1, 0.15) is 0 Å². The summed E-state index contributed by atoms with van der Waals surface area (Å²) >= 11 is 1.78. The fourth-order valence-electron chi connectivity index (χ4n) is 3.25. The normalized spacial score (nSPS) is 16.8. The number of aromatic nitrogens is 2. The number of thioether (sulfide) groups is 1. The zero-order valence-electron chi connectivity index (χ0n) is 15.3. The number of hydrogen-bond acceptors (Lipinski definition) is 5. The van der Waals surface area contributed by atoms with Gasteiger partial charge in [0, 0.05) is 31.2 Å². The smallest absolute Gasteiger partial charge is 0.259 e. The van der Waals surface area contributed by atoms with Crippen LogP contribution in [0.1, 0.15) is 18.4 Å². The van der Waals surface area contributed by atoms with Crippen molar-refractivity contribution in [1.29, 1.82) is 0 Å². The maximum Gasteiger partial charge on any atom is 0.259 e. The van der Waals surface area contributed by atoms with Crippen LogP contribution >= 0.6 is 11.8 Å². The van der Waals surface area contributed by atoms with Gasteiger partial charge in [-0.2, -0.15) is 0 Å². The Labute approximate surface area is 160 Å². The summed E-state index contributed by atoms with van der Waals surface area (Å²) in [5.74, 6) is 0.375. The minimum Gasteiger partial charge on any atom is -0.339 e. The Morgan fingerprint density at radius 1 is 1.27 bits per heavy atom. The van der Waals surface area contributed by atoms with Crippen LogP contribution in [0, 0.1) is 5.92 Å². The summed E-state index contributed by atoms with van der Waals surface area (Å²) in [6.07, 6.45) is 7.14. The van der Waals surface area contributed by atoms with Crippen LogP contribution in [0.25, 0.3) is 0 Å². The van der Waals surface area contributed by atoms with E-state index >= 15 is 0 Å². The van der Waals surface area contributed by atoms with Crippen LogP contribution in [0.3, 0.4) is 0 Å². The first-order chi connectivity index (χ1) is 12.5. The molecule has 3 rings (SSSR count). The summed E-state index contributed by atoms with van der Waals surface area (Å²) in [5.41, 5.74) is 1.37. The number of nitrogens with one attached hydrogen (secondary N) is 1. The molecule has 0 aliphatic carbocycles. The van der Waals surface area contributed by atoms with Gasteiger partial charge >= 0.3 is 0 Å². The number of likely N-dealkylation sites (tertiary alicyclic amines) is 1. The molecule has 26 heavy (non-hydrogen) atoms. The van der Waals surface area contributed by atoms with Crippen LogP contribution in [0.4, 0.5) is 0 Å². The first kappa shape index (κ1) is 19.4. The van der Waals surface area contributed by atoms with Gasteiger partial charge in [-0.1, -0.05) is 18.2 Å². The van der Waals surface area contributed by atoms with Gasteiger partial charge in [0.15, 0.2) is 5.03 Å². The average molecular weight is 395 g/mol. The van der Waals surface area contributed by atoms with Gasteiger partial charge in [-0.05, 0) is 49.7 Å². The van der Waals surface area contributed by atoms with Crippen LogP contribution < -0.4 is 4.72 Å². The Hall–Kier alpha value is -1.35. The molecule has 1 saturated heterocycles. The Kier molecular flexibility index (Phi) is 6.39. The molecule has 1 aromatic carbocycles. The van der Waals surface area contributed by atoms with Gasteiger partial charge in [-0.3, -0.25) is 4.90 Å². The van der Waals surface area contributed by atoms with Gasteiger partial charge in [-0.15, -0.1) is 11.8 Å². The third kappa shape index (κ3) is 4.88. The van der Waals surface area contributed by atoms with Gasteiger partial charge < -0.3 is 4.57 Å². The molecule has 0 saturated carbocycles. The minimum atomic E-state index is -3.51. The molecule has 142 valence electrons. The molecule has 1 aliphatic rings. The highest BCUT2D eigenvalue weighted by molar-refractivity contribution is 7.98. The SMILES string of the molecule is CSc1ccccc1CN1CCC(CNS(=O)(=O)c2cn(C)cn2)CC1. The molecular weight excluding hydrogens is 368 g/mol. The van der Waals surface area contributed by atoms with Gasteiger partial charge in [0.2, 0.25) is 0 Å². The van der Waals surface area contributed by atoms with Crippen molar-refractivity contribution in [2.24, 2.45) is 13.0 Å². The molecule has 0 spiro atoms. The second-order valence-corrected chi connectivity index (χ2v) is 9.32. The largest absolute Gasteiger partial charge is 0.339 e. The van der Waals surface area contributed by atoms with E-state index in [-0.39, 0.29) is 5.03 Å². The fourth-order valence-corrected chi connectivity index (χ4v) is 4.96. The summed E-state index contributed by atoms with van der Waals surface area (Å²) in [6.45, 7) is 3.44. The molecule has 0 bridgehead atoms. The second-order valence-electron chi connectivity index (χ2n) is 6.76. The van der Waals surface area contributed by atoms with Crippen molar-refractivity contribution < 1.29 is 8.42 Å². The van der Waals surface area contributed by atoms with E-state index in [0.29, 0.717) is 12.5 Å². The topological polar surface area (TPSA) is 67.2 Å². The Bertz CT molecular complexity index is 827. The molecule has 0 unspecified atom stereocenters. The van der Waals surface area contributed by atoms with Crippen molar-refractivity contribution in [3.8, 4) is 0 Å². The summed E-state index contributed by atoms with van der Waals surface area (Å²) in [4.78, 5) is 7.72. The highest BCUT2D eigenvalue weighted by Crippen LogP contribution is 2.24. The van der Waals surface area contributed by atoms with Crippen molar-refractivity contribution in [1.82, 2.24) is 19.2 Å². The monoisotopic (exact) mass is 394 g/mol. The third-order valence-electron chi connectivity index (χ3n) is 4.81. The summed E-state index contributed by atoms with van der Waals surface area (Å²) in [5, 5.41) is 0.0890. The second kappa shape index (κ2) is 8.56. The number of sulfonamides is 1. The Morgan fingerprint density at radius 2 is 2.00 bits per heavy atom. The molecule has 0 amide bonds. The number of aryl methyl sites for hydroxylation is 1. The van der Waals surface area contributed by atoms with Crippen LogP contribution in [0.15, 0.2) is 46.7 Å². The maximum absolute atomic E-state index is 12.3.